The number of anilines is 1. The molecule has 6 saturated heterocycles. The van der Waals surface area contributed by atoms with Crippen LogP contribution in [0.15, 0.2) is 60.8 Å². The number of benzene rings is 2. The van der Waals surface area contributed by atoms with Gasteiger partial charge in [-0.15, -0.1) is 0 Å². The molecule has 8 aliphatic rings. The summed E-state index contributed by atoms with van der Waals surface area (Å²) in [6, 6.07) is 13.2. The molecule has 0 aromatic heterocycles. The molecule has 286 valence electrons. The van der Waals surface area contributed by atoms with Gasteiger partial charge in [-0.05, 0) is 111 Å². The molecular formula is C45H63N4O4+. The second-order valence-corrected chi connectivity index (χ2v) is 16.9. The van der Waals surface area contributed by atoms with Crippen molar-refractivity contribution in [3.8, 4) is 11.5 Å². The fourth-order valence-corrected chi connectivity index (χ4v) is 11.5. The Bertz CT molecular complexity index is 1690. The molecule has 8 aliphatic heterocycles. The van der Waals surface area contributed by atoms with E-state index in [-0.39, 0.29) is 36.1 Å². The van der Waals surface area contributed by atoms with Crippen LogP contribution in [0.4, 0.5) is 11.4 Å². The van der Waals surface area contributed by atoms with Crippen LogP contribution in [-0.2, 0) is 0 Å². The lowest BCUT2D eigenvalue weighted by Gasteiger charge is -2.52. The van der Waals surface area contributed by atoms with Crippen molar-refractivity contribution in [1.29, 1.82) is 0 Å². The predicted molar refractivity (Wildman–Crippen MR) is 213 cm³/mol. The highest BCUT2D eigenvalue weighted by Gasteiger charge is 2.47. The minimum Gasteiger partial charge on any atom is -0.497 e. The van der Waals surface area contributed by atoms with Gasteiger partial charge in [-0.3, -0.25) is 9.80 Å². The second-order valence-electron chi connectivity index (χ2n) is 16.9. The molecule has 53 heavy (non-hydrogen) atoms. The van der Waals surface area contributed by atoms with Gasteiger partial charge in [0.15, 0.2) is 6.21 Å². The molecule has 4 unspecified atom stereocenters. The van der Waals surface area contributed by atoms with E-state index in [0.29, 0.717) is 0 Å². The first kappa shape index (κ1) is 36.8. The van der Waals surface area contributed by atoms with Gasteiger partial charge in [-0.25, -0.2) is 0 Å². The van der Waals surface area contributed by atoms with E-state index in [9.17, 15) is 10.2 Å². The van der Waals surface area contributed by atoms with Crippen molar-refractivity contribution in [1.82, 2.24) is 9.80 Å². The van der Waals surface area contributed by atoms with Gasteiger partial charge in [0, 0.05) is 79.6 Å². The lowest BCUT2D eigenvalue weighted by molar-refractivity contribution is -0.443. The molecule has 8 heterocycles. The Kier molecular flexibility index (Phi) is 11.0. The topological polar surface area (TPSA) is 71.7 Å². The molecule has 0 amide bonds. The molecule has 2 aromatic carbocycles. The Morgan fingerprint density at radius 3 is 1.92 bits per heavy atom. The number of hydrogen-bond donors (Lipinski definition) is 2. The third kappa shape index (κ3) is 7.10. The van der Waals surface area contributed by atoms with Crippen LogP contribution in [-0.4, -0.2) is 109 Å². The fourth-order valence-electron chi connectivity index (χ4n) is 11.5. The number of allylic oxidation sites excluding steroid dienone is 3. The van der Waals surface area contributed by atoms with Gasteiger partial charge in [0.05, 0.1) is 26.4 Å². The van der Waals surface area contributed by atoms with E-state index in [2.05, 4.69) is 88.0 Å². The Morgan fingerprint density at radius 2 is 1.34 bits per heavy atom. The van der Waals surface area contributed by atoms with Crippen molar-refractivity contribution >= 4 is 17.6 Å². The van der Waals surface area contributed by atoms with Gasteiger partial charge in [0.2, 0.25) is 5.69 Å². The maximum absolute atomic E-state index is 11.9. The average molecular weight is 724 g/mol. The highest BCUT2D eigenvalue weighted by Crippen LogP contribution is 2.47. The number of aliphatic hydroxyl groups excluding tert-OH is 2. The molecule has 4 bridgehead atoms. The van der Waals surface area contributed by atoms with Crippen molar-refractivity contribution in [3.05, 3.63) is 72.0 Å². The first-order valence-corrected chi connectivity index (χ1v) is 20.8. The van der Waals surface area contributed by atoms with Crippen LogP contribution in [0, 0.1) is 23.7 Å². The summed E-state index contributed by atoms with van der Waals surface area (Å²) in [4.78, 5) is 7.50. The summed E-state index contributed by atoms with van der Waals surface area (Å²) in [5, 5.41) is 23.9. The zero-order chi connectivity index (χ0) is 36.6. The van der Waals surface area contributed by atoms with E-state index < -0.39 is 0 Å². The van der Waals surface area contributed by atoms with Crippen LogP contribution in [0.2, 0.25) is 0 Å². The van der Waals surface area contributed by atoms with Crippen LogP contribution >= 0.6 is 0 Å². The van der Waals surface area contributed by atoms with Gasteiger partial charge in [0.25, 0.3) is 0 Å². The predicted octanol–water partition coefficient (Wildman–Crippen LogP) is 6.93. The summed E-state index contributed by atoms with van der Waals surface area (Å²) in [5.41, 5.74) is 4.71. The summed E-state index contributed by atoms with van der Waals surface area (Å²) in [6.45, 7) is 10.9. The van der Waals surface area contributed by atoms with E-state index in [1.165, 1.54) is 36.8 Å². The summed E-state index contributed by atoms with van der Waals surface area (Å²) in [7, 11) is 3.45. The highest BCUT2D eigenvalue weighted by molar-refractivity contribution is 5.69. The Morgan fingerprint density at radius 1 is 0.736 bits per heavy atom. The first-order valence-electron chi connectivity index (χ1n) is 20.8. The minimum atomic E-state index is -0.376. The third-order valence-corrected chi connectivity index (χ3v) is 14.5. The smallest absolute Gasteiger partial charge is 0.209 e. The molecule has 0 spiro atoms. The maximum Gasteiger partial charge on any atom is 0.209 e. The molecule has 12 atom stereocenters. The van der Waals surface area contributed by atoms with Crippen molar-refractivity contribution in [2.45, 2.75) is 101 Å². The summed E-state index contributed by atoms with van der Waals surface area (Å²) in [5.74, 6) is 4.94. The van der Waals surface area contributed by atoms with Crippen LogP contribution in [0.3, 0.4) is 0 Å². The fraction of sp³-hybridized carbons (Fsp3) is 0.622. The summed E-state index contributed by atoms with van der Waals surface area (Å²) in [6.07, 6.45) is 19.1. The SMILES string of the molecule is CC[C@H]1CN2CC[C@H]1C[C@@H]2[C@@H](O)C1CCN(/C=C/C=C/C=[N+]2CCC([C@H](O)[C@H]3C[C@@H]4CCN3C[C@@H]4CC)c3cc(OC)ccc32)c2ccc(OC)cc21. The lowest BCUT2D eigenvalue weighted by Crippen LogP contribution is -2.58. The normalized spacial score (nSPS) is 35.4. The van der Waals surface area contributed by atoms with E-state index in [0.717, 1.165) is 111 Å². The molecule has 2 N–H and O–H groups in total. The number of ether oxygens (including phenoxy) is 2. The van der Waals surface area contributed by atoms with Gasteiger partial charge in [-0.1, -0.05) is 32.8 Å². The summed E-state index contributed by atoms with van der Waals surface area (Å²) < 4.78 is 13.7. The minimum absolute atomic E-state index is 0.0943. The van der Waals surface area contributed by atoms with Crippen LogP contribution < -0.4 is 14.4 Å². The van der Waals surface area contributed by atoms with E-state index in [1.807, 2.05) is 12.1 Å². The number of nitrogens with zero attached hydrogens (tertiary/aromatic N) is 4. The second kappa shape index (κ2) is 15.9. The first-order chi connectivity index (χ1) is 25.9. The number of rotatable bonds is 11. The number of fused-ring (bicyclic) bond motifs is 8. The van der Waals surface area contributed by atoms with Gasteiger partial charge in [-0.2, -0.15) is 4.58 Å². The van der Waals surface area contributed by atoms with Gasteiger partial charge in [0.1, 0.15) is 18.0 Å². The molecule has 8 heteroatoms. The molecule has 0 radical (unpaired) electrons. The van der Waals surface area contributed by atoms with Crippen LogP contribution in [0.25, 0.3) is 0 Å². The van der Waals surface area contributed by atoms with Crippen molar-refractivity contribution < 1.29 is 24.3 Å². The number of methoxy groups -OCH3 is 2. The van der Waals surface area contributed by atoms with Crippen molar-refractivity contribution in [2.75, 3.05) is 58.4 Å². The molecule has 8 nitrogen and oxygen atoms in total. The van der Waals surface area contributed by atoms with E-state index in [1.54, 1.807) is 14.2 Å². The Balaban J connectivity index is 0.966. The largest absolute Gasteiger partial charge is 0.497 e. The molecule has 10 rings (SSSR count). The molecule has 6 fully saturated rings. The zero-order valence-electron chi connectivity index (χ0n) is 32.5. The number of hydrogen-bond acceptors (Lipinski definition) is 7. The molecule has 2 aromatic rings. The van der Waals surface area contributed by atoms with Crippen LogP contribution in [0.1, 0.15) is 88.2 Å². The van der Waals surface area contributed by atoms with Gasteiger partial charge < -0.3 is 24.6 Å². The van der Waals surface area contributed by atoms with Crippen LogP contribution in [0.5, 0.6) is 11.5 Å². The monoisotopic (exact) mass is 723 g/mol. The Labute approximate surface area is 317 Å². The quantitative estimate of drug-likeness (QED) is 0.193. The number of piperidine rings is 6. The standard InChI is InChI=1S/C45H63N4O4/c1-5-30-28-48-20-14-32(30)24-42(48)44(50)36-16-22-46(40-12-10-34(52-3)26-38(36)40)18-8-7-9-19-47-23-17-37(39-27-35(53-4)11-13-41(39)47)45(51)43-25-33-15-21-49(43)29-31(33)6-2/h7-13,18-19,26-27,30-33,36-37,42-45,50-51H,5-6,14-17,20-25,28-29H2,1-4H3/q+1/t30-,31-,32-,33-,36?,37?,42+,43+,44-,45-/m0/s1. The van der Waals surface area contributed by atoms with Gasteiger partial charge >= 0.3 is 0 Å². The molecule has 0 aliphatic carbocycles. The number of aliphatic hydroxyl groups is 2. The van der Waals surface area contributed by atoms with Crippen molar-refractivity contribution in [2.24, 2.45) is 23.7 Å². The van der Waals surface area contributed by atoms with E-state index in [4.69, 9.17) is 9.47 Å². The summed E-state index contributed by atoms with van der Waals surface area (Å²) >= 11 is 0. The highest BCUT2D eigenvalue weighted by atomic mass is 16.5. The Hall–Kier alpha value is -3.17. The van der Waals surface area contributed by atoms with E-state index >= 15 is 0 Å². The van der Waals surface area contributed by atoms with Crippen molar-refractivity contribution in [3.63, 3.8) is 0 Å². The molecular weight excluding hydrogens is 661 g/mol. The lowest BCUT2D eigenvalue weighted by atomic mass is 9.70. The molecule has 0 saturated carbocycles. The average Bonchev–Trinajstić information content (AvgIpc) is 3.22. The third-order valence-electron chi connectivity index (χ3n) is 14.5. The zero-order valence-corrected chi connectivity index (χ0v) is 32.5. The maximum atomic E-state index is 11.9.